The third kappa shape index (κ3) is 3.02. The summed E-state index contributed by atoms with van der Waals surface area (Å²) in [5.74, 6) is -2.14. The smallest absolute Gasteiger partial charge is 0.256 e. The molecule has 0 aliphatic carbocycles. The van der Waals surface area contributed by atoms with Crippen LogP contribution in [0.2, 0.25) is 0 Å². The number of H-pyrrole nitrogens is 2. The van der Waals surface area contributed by atoms with Crippen molar-refractivity contribution in [1.29, 1.82) is 0 Å². The lowest BCUT2D eigenvalue weighted by Gasteiger charge is -2.34. The molecule has 0 fully saturated rings. The number of pyridine rings is 1. The maximum absolute atomic E-state index is 14.1. The van der Waals surface area contributed by atoms with Crippen LogP contribution in [-0.2, 0) is 11.3 Å². The molecule has 1 aliphatic heterocycles. The fourth-order valence-corrected chi connectivity index (χ4v) is 4.17. The number of fused-ring (bicyclic) bond motifs is 4. The lowest BCUT2D eigenvalue weighted by molar-refractivity contribution is 0.0336. The van der Waals surface area contributed by atoms with Crippen LogP contribution in [0.25, 0.3) is 21.7 Å². The van der Waals surface area contributed by atoms with E-state index in [0.29, 0.717) is 33.6 Å². The summed E-state index contributed by atoms with van der Waals surface area (Å²) in [6.45, 7) is 0.225. The van der Waals surface area contributed by atoms with E-state index in [1.54, 1.807) is 25.2 Å². The van der Waals surface area contributed by atoms with Crippen molar-refractivity contribution in [2.24, 2.45) is 0 Å². The third-order valence-corrected chi connectivity index (χ3v) is 5.80. The minimum Gasteiger partial charge on any atom is -0.480 e. The normalized spacial score (nSPS) is 15.7. The Morgan fingerprint density at radius 1 is 1.19 bits per heavy atom. The zero-order valence-electron chi connectivity index (χ0n) is 17.2. The van der Waals surface area contributed by atoms with Gasteiger partial charge in [0.05, 0.1) is 42.7 Å². The number of likely N-dealkylation sites (N-methyl/N-ethyl adjacent to an activating group) is 1. The van der Waals surface area contributed by atoms with Gasteiger partial charge in [0.1, 0.15) is 0 Å². The molecule has 0 bridgehead atoms. The largest absolute Gasteiger partial charge is 0.480 e. The highest BCUT2D eigenvalue weighted by Gasteiger charge is 2.31. The first-order valence-corrected chi connectivity index (χ1v) is 9.80. The summed E-state index contributed by atoms with van der Waals surface area (Å²) in [6.07, 6.45) is 0. The summed E-state index contributed by atoms with van der Waals surface area (Å²) in [4.78, 5) is 29.9. The van der Waals surface area contributed by atoms with Crippen molar-refractivity contribution in [3.8, 4) is 5.88 Å². The molecule has 1 atom stereocenters. The fourth-order valence-electron chi connectivity index (χ4n) is 4.17. The molecule has 1 amide bonds. The van der Waals surface area contributed by atoms with E-state index in [1.165, 1.54) is 12.0 Å². The highest BCUT2D eigenvalue weighted by Crippen LogP contribution is 2.34. The average molecular weight is 440 g/mol. The molecule has 8 nitrogen and oxygen atoms in total. The number of benzene rings is 2. The SMILES string of the molecule is COc1n[nH]c2ccc(C(=O)N(C)[C@H]3COCc4[nH]c(=O)c5cc(F)c(F)cc5c43)cc12. The van der Waals surface area contributed by atoms with Gasteiger partial charge in [-0.3, -0.25) is 14.7 Å². The van der Waals surface area contributed by atoms with Crippen molar-refractivity contribution >= 4 is 27.6 Å². The van der Waals surface area contributed by atoms with Gasteiger partial charge in [-0.25, -0.2) is 8.78 Å². The first kappa shape index (κ1) is 20.1. The summed E-state index contributed by atoms with van der Waals surface area (Å²) in [6, 6.07) is 6.29. The van der Waals surface area contributed by atoms with Gasteiger partial charge in [-0.1, -0.05) is 0 Å². The number of methoxy groups -OCH3 is 1. The monoisotopic (exact) mass is 440 g/mol. The van der Waals surface area contributed by atoms with Crippen LogP contribution >= 0.6 is 0 Å². The standard InChI is InChI=1S/C22H18F2N4O4/c1-28(22(30)10-3-4-16-13(5-10)21(31-2)27-26-16)18-9-32-8-17-19(18)11-6-14(23)15(24)7-12(11)20(29)25-17/h3-7,18H,8-9H2,1-2H3,(H,25,29)(H,26,27)/t18-/m0/s1. The second-order valence-electron chi connectivity index (χ2n) is 7.60. The second kappa shape index (κ2) is 7.41. The number of nitrogens with one attached hydrogen (secondary N) is 2. The van der Waals surface area contributed by atoms with Crippen LogP contribution in [0.5, 0.6) is 5.88 Å². The topological polar surface area (TPSA) is 100 Å². The Morgan fingerprint density at radius 2 is 1.94 bits per heavy atom. The molecular weight excluding hydrogens is 422 g/mol. The number of amides is 1. The molecule has 0 spiro atoms. The summed E-state index contributed by atoms with van der Waals surface area (Å²) >= 11 is 0. The summed E-state index contributed by atoms with van der Waals surface area (Å²) in [5, 5.41) is 7.79. The quantitative estimate of drug-likeness (QED) is 0.510. The van der Waals surface area contributed by atoms with E-state index >= 15 is 0 Å². The molecule has 0 unspecified atom stereocenters. The molecule has 5 rings (SSSR count). The fraction of sp³-hybridized carbons (Fsp3) is 0.227. The summed E-state index contributed by atoms with van der Waals surface area (Å²) < 4.78 is 38.7. The van der Waals surface area contributed by atoms with E-state index in [4.69, 9.17) is 9.47 Å². The molecule has 0 saturated carbocycles. The highest BCUT2D eigenvalue weighted by atomic mass is 19.2. The van der Waals surface area contributed by atoms with Crippen LogP contribution in [0.3, 0.4) is 0 Å². The van der Waals surface area contributed by atoms with Crippen LogP contribution in [0.1, 0.15) is 27.7 Å². The van der Waals surface area contributed by atoms with Gasteiger partial charge in [0.25, 0.3) is 11.5 Å². The average Bonchev–Trinajstić information content (AvgIpc) is 3.21. The highest BCUT2D eigenvalue weighted by molar-refractivity contribution is 5.99. The Bertz CT molecular complexity index is 1450. The molecule has 0 radical (unpaired) electrons. The van der Waals surface area contributed by atoms with E-state index in [-0.39, 0.29) is 29.9 Å². The van der Waals surface area contributed by atoms with Crippen molar-refractivity contribution < 1.29 is 23.0 Å². The molecule has 10 heteroatoms. The van der Waals surface area contributed by atoms with Crippen molar-refractivity contribution in [3.05, 3.63) is 69.1 Å². The zero-order chi connectivity index (χ0) is 22.6. The Labute approximate surface area is 179 Å². The van der Waals surface area contributed by atoms with E-state index < -0.39 is 23.2 Å². The Hall–Kier alpha value is -3.79. The predicted octanol–water partition coefficient (Wildman–Crippen LogP) is 3.03. The molecule has 2 N–H and O–H groups in total. The predicted molar refractivity (Wildman–Crippen MR) is 112 cm³/mol. The molecule has 164 valence electrons. The van der Waals surface area contributed by atoms with Crippen LogP contribution in [0.15, 0.2) is 35.1 Å². The second-order valence-corrected chi connectivity index (χ2v) is 7.60. The van der Waals surface area contributed by atoms with Gasteiger partial charge in [-0.15, -0.1) is 5.10 Å². The van der Waals surface area contributed by atoms with Crippen LogP contribution < -0.4 is 10.3 Å². The van der Waals surface area contributed by atoms with Crippen molar-refractivity contribution in [2.75, 3.05) is 20.8 Å². The van der Waals surface area contributed by atoms with Gasteiger partial charge in [0.2, 0.25) is 5.88 Å². The van der Waals surface area contributed by atoms with Crippen LogP contribution in [0, 0.1) is 11.6 Å². The number of hydrogen-bond acceptors (Lipinski definition) is 5. The first-order chi connectivity index (χ1) is 15.4. The number of aromatic amines is 2. The Morgan fingerprint density at radius 3 is 2.69 bits per heavy atom. The minimum atomic E-state index is -1.11. The number of ether oxygens (including phenoxy) is 2. The zero-order valence-corrected chi connectivity index (χ0v) is 17.2. The van der Waals surface area contributed by atoms with Crippen LogP contribution in [0.4, 0.5) is 8.78 Å². The number of halogens is 2. The number of carbonyl (C=O) groups excluding carboxylic acids is 1. The van der Waals surface area contributed by atoms with Crippen molar-refractivity contribution in [2.45, 2.75) is 12.6 Å². The van der Waals surface area contributed by atoms with Gasteiger partial charge in [0.15, 0.2) is 11.6 Å². The summed E-state index contributed by atoms with van der Waals surface area (Å²) in [5.41, 5.74) is 1.51. The maximum atomic E-state index is 14.1. The van der Waals surface area contributed by atoms with Crippen LogP contribution in [-0.4, -0.2) is 46.8 Å². The number of nitrogens with zero attached hydrogens (tertiary/aromatic N) is 2. The van der Waals surface area contributed by atoms with E-state index in [2.05, 4.69) is 15.2 Å². The number of aromatic nitrogens is 3. The van der Waals surface area contributed by atoms with Crippen molar-refractivity contribution in [3.63, 3.8) is 0 Å². The lowest BCUT2D eigenvalue weighted by Crippen LogP contribution is -2.37. The number of carbonyl (C=O) groups is 1. The van der Waals surface area contributed by atoms with Crippen molar-refractivity contribution in [1.82, 2.24) is 20.1 Å². The van der Waals surface area contributed by atoms with Gasteiger partial charge < -0.3 is 19.4 Å². The van der Waals surface area contributed by atoms with E-state index in [9.17, 15) is 18.4 Å². The van der Waals surface area contributed by atoms with Gasteiger partial charge in [-0.2, -0.15) is 0 Å². The van der Waals surface area contributed by atoms with Gasteiger partial charge >= 0.3 is 0 Å². The molecule has 2 aromatic carbocycles. The summed E-state index contributed by atoms with van der Waals surface area (Å²) in [7, 11) is 3.08. The number of rotatable bonds is 3. The molecule has 2 aromatic heterocycles. The Kier molecular flexibility index (Phi) is 4.66. The maximum Gasteiger partial charge on any atom is 0.256 e. The van der Waals surface area contributed by atoms with Gasteiger partial charge in [0, 0.05) is 23.9 Å². The minimum absolute atomic E-state index is 0.0138. The molecular formula is C22H18F2N4O4. The molecule has 3 heterocycles. The Balaban J connectivity index is 1.61. The van der Waals surface area contributed by atoms with E-state index in [1.807, 2.05) is 0 Å². The first-order valence-electron chi connectivity index (χ1n) is 9.80. The molecule has 1 aliphatic rings. The molecule has 4 aromatic rings. The lowest BCUT2D eigenvalue weighted by atomic mass is 9.95. The third-order valence-electron chi connectivity index (χ3n) is 5.80. The van der Waals surface area contributed by atoms with Gasteiger partial charge in [-0.05, 0) is 35.7 Å². The molecule has 32 heavy (non-hydrogen) atoms. The molecule has 0 saturated heterocycles. The number of hydrogen-bond donors (Lipinski definition) is 2. The van der Waals surface area contributed by atoms with E-state index in [0.717, 1.165) is 12.1 Å².